The molecule has 0 bridgehead atoms. The summed E-state index contributed by atoms with van der Waals surface area (Å²) >= 11 is 0. The Hall–Kier alpha value is -0.340. The molecule has 0 aromatic carbocycles. The number of nitrogens with zero attached hydrogens (tertiary/aromatic N) is 1. The molecule has 0 atom stereocenters. The van der Waals surface area contributed by atoms with Crippen LogP contribution in [0.15, 0.2) is 12.7 Å². The average molecular weight is 168 g/mol. The molecule has 1 aliphatic heterocycles. The van der Waals surface area contributed by atoms with Crippen molar-refractivity contribution in [3.8, 4) is 0 Å². The largest absolute Gasteiger partial charge is 0.325 e. The Morgan fingerprint density at radius 2 is 2.08 bits per heavy atom. The Morgan fingerprint density at radius 3 is 2.67 bits per heavy atom. The molecule has 0 spiro atoms. The van der Waals surface area contributed by atoms with Gasteiger partial charge in [-0.3, -0.25) is 0 Å². The molecule has 0 radical (unpaired) electrons. The van der Waals surface area contributed by atoms with E-state index in [0.29, 0.717) is 6.04 Å². The lowest BCUT2D eigenvalue weighted by Gasteiger charge is -2.36. The zero-order chi connectivity index (χ0) is 8.81. The van der Waals surface area contributed by atoms with Gasteiger partial charge in [-0.25, -0.2) is 0 Å². The molecular weight excluding hydrogens is 148 g/mol. The number of nitrogens with two attached hydrogens (primary N) is 1. The van der Waals surface area contributed by atoms with Crippen LogP contribution < -0.4 is 5.73 Å². The first-order valence-electron chi connectivity index (χ1n) is 4.92. The fourth-order valence-electron chi connectivity index (χ4n) is 1.59. The van der Waals surface area contributed by atoms with Crippen LogP contribution in [0.1, 0.15) is 25.7 Å². The summed E-state index contributed by atoms with van der Waals surface area (Å²) in [6.45, 7) is 7.17. The van der Waals surface area contributed by atoms with Crippen molar-refractivity contribution in [2.24, 2.45) is 5.73 Å². The number of hydrogen-bond donors (Lipinski definition) is 1. The van der Waals surface area contributed by atoms with Gasteiger partial charge in [0, 0.05) is 19.1 Å². The monoisotopic (exact) mass is 168 g/mol. The van der Waals surface area contributed by atoms with Crippen LogP contribution in [0.3, 0.4) is 0 Å². The Bertz CT molecular complexity index is 128. The third kappa shape index (κ3) is 3.37. The minimum Gasteiger partial charge on any atom is -0.325 e. The Morgan fingerprint density at radius 1 is 1.33 bits per heavy atom. The molecule has 0 aromatic rings. The summed E-state index contributed by atoms with van der Waals surface area (Å²) in [7, 11) is 0. The third-order valence-electron chi connectivity index (χ3n) is 2.37. The maximum atomic E-state index is 5.67. The van der Waals surface area contributed by atoms with Crippen molar-refractivity contribution in [3.05, 3.63) is 12.7 Å². The van der Waals surface area contributed by atoms with Gasteiger partial charge in [0.15, 0.2) is 0 Å². The van der Waals surface area contributed by atoms with Gasteiger partial charge in [0.1, 0.15) is 0 Å². The molecule has 2 nitrogen and oxygen atoms in total. The predicted molar refractivity (Wildman–Crippen MR) is 53.1 cm³/mol. The van der Waals surface area contributed by atoms with Gasteiger partial charge in [0.2, 0.25) is 0 Å². The highest BCUT2D eigenvalue weighted by molar-refractivity contribution is 4.82. The molecule has 0 aromatic heterocycles. The van der Waals surface area contributed by atoms with Gasteiger partial charge < -0.3 is 10.6 Å². The third-order valence-corrected chi connectivity index (χ3v) is 2.37. The Balaban J connectivity index is 1.80. The van der Waals surface area contributed by atoms with Gasteiger partial charge >= 0.3 is 0 Å². The number of allylic oxidation sites excluding steroid dienone is 1. The Kier molecular flexibility index (Phi) is 4.33. The summed E-state index contributed by atoms with van der Waals surface area (Å²) in [6.07, 6.45) is 7.11. The predicted octanol–water partition coefficient (Wildman–Crippen LogP) is 1.38. The second kappa shape index (κ2) is 5.33. The maximum absolute atomic E-state index is 5.67. The fourth-order valence-corrected chi connectivity index (χ4v) is 1.59. The summed E-state index contributed by atoms with van der Waals surface area (Å²) in [6, 6.07) is 0.457. The van der Waals surface area contributed by atoms with E-state index in [1.165, 1.54) is 32.2 Å². The molecule has 12 heavy (non-hydrogen) atoms. The number of rotatable bonds is 6. The second-order valence-corrected chi connectivity index (χ2v) is 3.66. The zero-order valence-corrected chi connectivity index (χ0v) is 7.84. The first kappa shape index (κ1) is 9.75. The molecular formula is C10H20N2. The molecule has 1 fully saturated rings. The van der Waals surface area contributed by atoms with E-state index in [1.54, 1.807) is 0 Å². The van der Waals surface area contributed by atoms with Crippen molar-refractivity contribution in [2.45, 2.75) is 31.7 Å². The smallest absolute Gasteiger partial charge is 0.0297 e. The van der Waals surface area contributed by atoms with Gasteiger partial charge in [-0.15, -0.1) is 6.58 Å². The highest BCUT2D eigenvalue weighted by atomic mass is 15.2. The van der Waals surface area contributed by atoms with E-state index in [-0.39, 0.29) is 0 Å². The van der Waals surface area contributed by atoms with Crippen LogP contribution in [0.25, 0.3) is 0 Å². The molecule has 0 saturated carbocycles. The summed E-state index contributed by atoms with van der Waals surface area (Å²) in [5, 5.41) is 0. The van der Waals surface area contributed by atoms with Crippen LogP contribution in [-0.2, 0) is 0 Å². The van der Waals surface area contributed by atoms with Gasteiger partial charge in [-0.1, -0.05) is 12.5 Å². The lowest BCUT2D eigenvalue weighted by molar-refractivity contribution is 0.148. The fraction of sp³-hybridized carbons (Fsp3) is 0.800. The normalized spacial score (nSPS) is 19.1. The summed E-state index contributed by atoms with van der Waals surface area (Å²) < 4.78 is 0. The first-order chi connectivity index (χ1) is 5.83. The van der Waals surface area contributed by atoms with E-state index in [9.17, 15) is 0 Å². The van der Waals surface area contributed by atoms with E-state index in [4.69, 9.17) is 5.73 Å². The van der Waals surface area contributed by atoms with E-state index in [1.807, 2.05) is 6.08 Å². The van der Waals surface area contributed by atoms with Crippen LogP contribution >= 0.6 is 0 Å². The van der Waals surface area contributed by atoms with Gasteiger partial charge in [-0.05, 0) is 25.8 Å². The van der Waals surface area contributed by atoms with Crippen molar-refractivity contribution in [1.29, 1.82) is 0 Å². The lowest BCUT2D eigenvalue weighted by Crippen LogP contribution is -2.55. The molecule has 1 saturated heterocycles. The molecule has 1 rings (SSSR count). The number of hydrogen-bond acceptors (Lipinski definition) is 2. The van der Waals surface area contributed by atoms with Crippen molar-refractivity contribution < 1.29 is 0 Å². The minimum absolute atomic E-state index is 0.457. The van der Waals surface area contributed by atoms with E-state index >= 15 is 0 Å². The molecule has 0 aliphatic carbocycles. The zero-order valence-electron chi connectivity index (χ0n) is 7.84. The van der Waals surface area contributed by atoms with Gasteiger partial charge in [-0.2, -0.15) is 0 Å². The maximum Gasteiger partial charge on any atom is 0.0297 e. The summed E-state index contributed by atoms with van der Waals surface area (Å²) in [5.41, 5.74) is 5.67. The van der Waals surface area contributed by atoms with Crippen molar-refractivity contribution in [3.63, 3.8) is 0 Å². The van der Waals surface area contributed by atoms with Crippen LogP contribution in [-0.4, -0.2) is 30.6 Å². The highest BCUT2D eigenvalue weighted by Gasteiger charge is 2.21. The quantitative estimate of drug-likeness (QED) is 0.479. The molecule has 2 N–H and O–H groups in total. The molecule has 0 unspecified atom stereocenters. The lowest BCUT2D eigenvalue weighted by atomic mass is 10.1. The van der Waals surface area contributed by atoms with Gasteiger partial charge in [0.25, 0.3) is 0 Å². The van der Waals surface area contributed by atoms with Crippen molar-refractivity contribution >= 4 is 0 Å². The van der Waals surface area contributed by atoms with E-state index < -0.39 is 0 Å². The molecule has 0 amide bonds. The highest BCUT2D eigenvalue weighted by Crippen LogP contribution is 2.08. The second-order valence-electron chi connectivity index (χ2n) is 3.66. The summed E-state index contributed by atoms with van der Waals surface area (Å²) in [5.74, 6) is 0. The van der Waals surface area contributed by atoms with Crippen LogP contribution in [0, 0.1) is 0 Å². The standard InChI is InChI=1S/C10H20N2/c1-2-3-4-5-6-7-12-8-10(11)9-12/h2,10H,1,3-9,11H2. The molecule has 70 valence electrons. The first-order valence-corrected chi connectivity index (χ1v) is 4.92. The van der Waals surface area contributed by atoms with Crippen LogP contribution in [0.4, 0.5) is 0 Å². The van der Waals surface area contributed by atoms with E-state index in [0.717, 1.165) is 13.1 Å². The van der Waals surface area contributed by atoms with Crippen LogP contribution in [0.5, 0.6) is 0 Å². The molecule has 2 heteroatoms. The van der Waals surface area contributed by atoms with Crippen molar-refractivity contribution in [1.82, 2.24) is 4.90 Å². The number of unbranched alkanes of at least 4 members (excludes halogenated alkanes) is 3. The number of likely N-dealkylation sites (tertiary alicyclic amines) is 1. The van der Waals surface area contributed by atoms with Crippen molar-refractivity contribution in [2.75, 3.05) is 19.6 Å². The van der Waals surface area contributed by atoms with E-state index in [2.05, 4.69) is 11.5 Å². The average Bonchev–Trinajstić information content (AvgIpc) is 2.00. The SMILES string of the molecule is C=CCCCCCN1CC(N)C1. The Labute approximate surface area is 75.4 Å². The summed E-state index contributed by atoms with van der Waals surface area (Å²) in [4.78, 5) is 2.43. The molecule has 1 aliphatic rings. The van der Waals surface area contributed by atoms with Gasteiger partial charge in [0.05, 0.1) is 0 Å². The van der Waals surface area contributed by atoms with Crippen LogP contribution in [0.2, 0.25) is 0 Å². The topological polar surface area (TPSA) is 29.3 Å². The molecule has 1 heterocycles. The minimum atomic E-state index is 0.457.